The third-order valence-corrected chi connectivity index (χ3v) is 3.06. The highest BCUT2D eigenvalue weighted by Crippen LogP contribution is 2.25. The predicted octanol–water partition coefficient (Wildman–Crippen LogP) is 2.99. The van der Waals surface area contributed by atoms with Gasteiger partial charge in [0.1, 0.15) is 11.6 Å². The Morgan fingerprint density at radius 1 is 1.24 bits per heavy atom. The average molecular weight is 288 g/mol. The fourth-order valence-corrected chi connectivity index (χ4v) is 1.92. The first-order valence-electron chi connectivity index (χ1n) is 6.56. The first kappa shape index (κ1) is 14.8. The van der Waals surface area contributed by atoms with Gasteiger partial charge in [-0.15, -0.1) is 0 Å². The summed E-state index contributed by atoms with van der Waals surface area (Å²) >= 11 is 0. The first-order valence-corrected chi connectivity index (χ1v) is 6.56. The molecule has 2 rings (SSSR count). The molecule has 21 heavy (non-hydrogen) atoms. The SMILES string of the molecule is COc1cc(F)ccc1NC(=O)CCc1ccc(N)cc1. The van der Waals surface area contributed by atoms with Gasteiger partial charge in [-0.3, -0.25) is 4.79 Å². The molecular weight excluding hydrogens is 271 g/mol. The van der Waals surface area contributed by atoms with E-state index in [1.165, 1.54) is 25.3 Å². The molecule has 0 bridgehead atoms. The molecule has 0 spiro atoms. The van der Waals surface area contributed by atoms with Crippen molar-refractivity contribution in [3.63, 3.8) is 0 Å². The molecule has 0 aliphatic rings. The lowest BCUT2D eigenvalue weighted by atomic mass is 10.1. The number of nitrogen functional groups attached to an aromatic ring is 1. The van der Waals surface area contributed by atoms with Gasteiger partial charge in [-0.2, -0.15) is 0 Å². The summed E-state index contributed by atoms with van der Waals surface area (Å²) in [5, 5.41) is 2.72. The number of halogens is 1. The van der Waals surface area contributed by atoms with Crippen molar-refractivity contribution in [2.45, 2.75) is 12.8 Å². The van der Waals surface area contributed by atoms with Crippen LogP contribution in [0, 0.1) is 5.82 Å². The standard InChI is InChI=1S/C16H17FN2O2/c1-21-15-10-12(17)5-8-14(15)19-16(20)9-4-11-2-6-13(18)7-3-11/h2-3,5-8,10H,4,9,18H2,1H3,(H,19,20). The van der Waals surface area contributed by atoms with Gasteiger partial charge in [0.05, 0.1) is 12.8 Å². The monoisotopic (exact) mass is 288 g/mol. The highest BCUT2D eigenvalue weighted by Gasteiger charge is 2.08. The van der Waals surface area contributed by atoms with Gasteiger partial charge in [0.25, 0.3) is 0 Å². The smallest absolute Gasteiger partial charge is 0.224 e. The second kappa shape index (κ2) is 6.74. The van der Waals surface area contributed by atoms with E-state index in [4.69, 9.17) is 10.5 Å². The minimum atomic E-state index is -0.410. The number of methoxy groups -OCH3 is 1. The summed E-state index contributed by atoms with van der Waals surface area (Å²) < 4.78 is 18.1. The van der Waals surface area contributed by atoms with Crippen LogP contribution in [0.25, 0.3) is 0 Å². The second-order valence-corrected chi connectivity index (χ2v) is 4.63. The topological polar surface area (TPSA) is 64.3 Å². The highest BCUT2D eigenvalue weighted by atomic mass is 19.1. The van der Waals surface area contributed by atoms with Crippen LogP contribution >= 0.6 is 0 Å². The van der Waals surface area contributed by atoms with Gasteiger partial charge in [0.15, 0.2) is 0 Å². The van der Waals surface area contributed by atoms with Crippen LogP contribution in [0.3, 0.4) is 0 Å². The molecule has 3 N–H and O–H groups in total. The van der Waals surface area contributed by atoms with Crippen LogP contribution in [0.15, 0.2) is 42.5 Å². The van der Waals surface area contributed by atoms with E-state index in [2.05, 4.69) is 5.32 Å². The van der Waals surface area contributed by atoms with Crippen molar-refractivity contribution in [2.75, 3.05) is 18.2 Å². The number of hydrogen-bond donors (Lipinski definition) is 2. The van der Waals surface area contributed by atoms with Crippen molar-refractivity contribution in [1.82, 2.24) is 0 Å². The highest BCUT2D eigenvalue weighted by molar-refractivity contribution is 5.92. The van der Waals surface area contributed by atoms with E-state index in [1.807, 2.05) is 12.1 Å². The number of ether oxygens (including phenoxy) is 1. The van der Waals surface area contributed by atoms with E-state index in [0.717, 1.165) is 5.56 Å². The molecule has 0 heterocycles. The van der Waals surface area contributed by atoms with Crippen molar-refractivity contribution >= 4 is 17.3 Å². The maximum absolute atomic E-state index is 13.1. The van der Waals surface area contributed by atoms with Crippen molar-refractivity contribution in [1.29, 1.82) is 0 Å². The molecule has 0 radical (unpaired) electrons. The molecular formula is C16H17FN2O2. The fraction of sp³-hybridized carbons (Fsp3) is 0.188. The molecule has 2 aromatic carbocycles. The molecule has 0 saturated carbocycles. The van der Waals surface area contributed by atoms with Crippen LogP contribution in [0.2, 0.25) is 0 Å². The Labute approximate surface area is 122 Å². The lowest BCUT2D eigenvalue weighted by molar-refractivity contribution is -0.116. The van der Waals surface area contributed by atoms with Crippen LogP contribution in [0.1, 0.15) is 12.0 Å². The number of benzene rings is 2. The largest absolute Gasteiger partial charge is 0.494 e. The van der Waals surface area contributed by atoms with E-state index in [9.17, 15) is 9.18 Å². The zero-order valence-corrected chi connectivity index (χ0v) is 11.7. The molecule has 0 aliphatic carbocycles. The summed E-state index contributed by atoms with van der Waals surface area (Å²) in [5.74, 6) is -0.265. The normalized spacial score (nSPS) is 10.2. The fourth-order valence-electron chi connectivity index (χ4n) is 1.92. The number of aryl methyl sites for hydroxylation is 1. The Kier molecular flexibility index (Phi) is 4.77. The van der Waals surface area contributed by atoms with Gasteiger partial charge in [0, 0.05) is 18.2 Å². The van der Waals surface area contributed by atoms with Gasteiger partial charge in [-0.1, -0.05) is 12.1 Å². The Bertz CT molecular complexity index is 627. The molecule has 0 atom stereocenters. The van der Waals surface area contributed by atoms with Gasteiger partial charge >= 0.3 is 0 Å². The average Bonchev–Trinajstić information content (AvgIpc) is 2.48. The Morgan fingerprint density at radius 2 is 1.95 bits per heavy atom. The molecule has 110 valence electrons. The van der Waals surface area contributed by atoms with Crippen LogP contribution in [-0.2, 0) is 11.2 Å². The van der Waals surface area contributed by atoms with Crippen LogP contribution < -0.4 is 15.8 Å². The van der Waals surface area contributed by atoms with Crippen LogP contribution in [0.4, 0.5) is 15.8 Å². The molecule has 0 fully saturated rings. The van der Waals surface area contributed by atoms with Crippen molar-refractivity contribution in [3.8, 4) is 5.75 Å². The molecule has 4 nitrogen and oxygen atoms in total. The summed E-state index contributed by atoms with van der Waals surface area (Å²) in [6.45, 7) is 0. The first-order chi connectivity index (χ1) is 10.1. The summed E-state index contributed by atoms with van der Waals surface area (Å²) in [6, 6.07) is 11.4. The van der Waals surface area contributed by atoms with E-state index in [0.29, 0.717) is 30.0 Å². The minimum absolute atomic E-state index is 0.156. The van der Waals surface area contributed by atoms with Gasteiger partial charge < -0.3 is 15.8 Å². The van der Waals surface area contributed by atoms with E-state index in [1.54, 1.807) is 12.1 Å². The maximum atomic E-state index is 13.1. The molecule has 0 aromatic heterocycles. The quantitative estimate of drug-likeness (QED) is 0.831. The van der Waals surface area contributed by atoms with E-state index < -0.39 is 5.82 Å². The number of rotatable bonds is 5. The molecule has 2 aromatic rings. The lowest BCUT2D eigenvalue weighted by Gasteiger charge is -2.10. The van der Waals surface area contributed by atoms with Crippen molar-refractivity contribution < 1.29 is 13.9 Å². The number of carbonyl (C=O) groups excluding carboxylic acids is 1. The summed E-state index contributed by atoms with van der Waals surface area (Å²) in [4.78, 5) is 11.9. The molecule has 0 unspecified atom stereocenters. The minimum Gasteiger partial charge on any atom is -0.494 e. The van der Waals surface area contributed by atoms with Gasteiger partial charge in [0.2, 0.25) is 5.91 Å². The zero-order valence-electron chi connectivity index (χ0n) is 11.7. The number of anilines is 2. The Morgan fingerprint density at radius 3 is 2.62 bits per heavy atom. The number of amides is 1. The van der Waals surface area contributed by atoms with Crippen molar-refractivity contribution in [3.05, 3.63) is 53.8 Å². The van der Waals surface area contributed by atoms with Gasteiger partial charge in [-0.05, 0) is 36.2 Å². The summed E-state index contributed by atoms with van der Waals surface area (Å²) in [6.07, 6.45) is 0.931. The van der Waals surface area contributed by atoms with Crippen molar-refractivity contribution in [2.24, 2.45) is 0 Å². The summed E-state index contributed by atoms with van der Waals surface area (Å²) in [5.41, 5.74) is 7.79. The Balaban J connectivity index is 1.94. The molecule has 0 saturated heterocycles. The Hall–Kier alpha value is -2.56. The number of nitrogens with two attached hydrogens (primary N) is 1. The molecule has 1 amide bonds. The number of hydrogen-bond acceptors (Lipinski definition) is 3. The summed E-state index contributed by atoms with van der Waals surface area (Å²) in [7, 11) is 1.43. The second-order valence-electron chi connectivity index (χ2n) is 4.63. The van der Waals surface area contributed by atoms with Gasteiger partial charge in [-0.25, -0.2) is 4.39 Å². The third-order valence-electron chi connectivity index (χ3n) is 3.06. The van der Waals surface area contributed by atoms with E-state index in [-0.39, 0.29) is 5.91 Å². The van der Waals surface area contributed by atoms with Crippen LogP contribution in [0.5, 0.6) is 5.75 Å². The number of nitrogens with one attached hydrogen (secondary N) is 1. The van der Waals surface area contributed by atoms with Crippen LogP contribution in [-0.4, -0.2) is 13.0 Å². The van der Waals surface area contributed by atoms with E-state index >= 15 is 0 Å². The third kappa shape index (κ3) is 4.21. The lowest BCUT2D eigenvalue weighted by Crippen LogP contribution is -2.13. The maximum Gasteiger partial charge on any atom is 0.224 e. The zero-order chi connectivity index (χ0) is 15.2. The number of carbonyl (C=O) groups is 1. The molecule has 0 aliphatic heterocycles. The predicted molar refractivity (Wildman–Crippen MR) is 80.8 cm³/mol. The molecule has 5 heteroatoms.